The third kappa shape index (κ3) is 3.05. The molecule has 0 saturated carbocycles. The minimum absolute atomic E-state index is 0.683. The predicted molar refractivity (Wildman–Crippen MR) is 74.2 cm³/mol. The Morgan fingerprint density at radius 3 is 2.29 bits per heavy atom. The zero-order chi connectivity index (χ0) is 12.1. The maximum atomic E-state index is 8.70. The Morgan fingerprint density at radius 2 is 1.65 bits per heavy atom. The molecule has 2 aromatic carbocycles. The van der Waals surface area contributed by atoms with Crippen LogP contribution in [0.15, 0.2) is 53.0 Å². The second kappa shape index (κ2) is 5.47. The van der Waals surface area contributed by atoms with Crippen molar-refractivity contribution in [2.45, 2.75) is 0 Å². The molecular weight excluding hydrogens is 274 g/mol. The molecule has 0 fully saturated rings. The van der Waals surface area contributed by atoms with Crippen molar-refractivity contribution >= 4 is 28.1 Å². The van der Waals surface area contributed by atoms with Crippen LogP contribution in [0.1, 0.15) is 16.7 Å². The fraction of sp³-hybridized carbons (Fsp3) is 0. The summed E-state index contributed by atoms with van der Waals surface area (Å²) in [5.74, 6) is 0. The van der Waals surface area contributed by atoms with Gasteiger partial charge in [0.15, 0.2) is 0 Å². The molecule has 0 aliphatic rings. The van der Waals surface area contributed by atoms with Crippen molar-refractivity contribution in [3.63, 3.8) is 0 Å². The van der Waals surface area contributed by atoms with E-state index in [1.54, 1.807) is 0 Å². The molecule has 0 unspecified atom stereocenters. The van der Waals surface area contributed by atoms with Crippen LogP contribution in [-0.2, 0) is 0 Å². The van der Waals surface area contributed by atoms with Gasteiger partial charge in [0, 0.05) is 4.47 Å². The van der Waals surface area contributed by atoms with E-state index < -0.39 is 0 Å². The van der Waals surface area contributed by atoms with Gasteiger partial charge >= 0.3 is 0 Å². The van der Waals surface area contributed by atoms with Gasteiger partial charge in [-0.05, 0) is 29.3 Å². The molecule has 0 amide bonds. The maximum absolute atomic E-state index is 8.70. The number of halogens is 1. The third-order valence-electron chi connectivity index (χ3n) is 2.40. The maximum Gasteiger partial charge on any atom is 0.0991 e. The Labute approximate surface area is 109 Å². The van der Waals surface area contributed by atoms with E-state index in [4.69, 9.17) is 5.26 Å². The van der Waals surface area contributed by atoms with Gasteiger partial charge < -0.3 is 0 Å². The third-order valence-corrected chi connectivity index (χ3v) is 3.12. The van der Waals surface area contributed by atoms with E-state index in [-0.39, 0.29) is 0 Å². The standard InChI is InChI=1S/C15H10BrN/c16-15-4-2-1-3-14(15)10-9-12-5-7-13(11-17)8-6-12/h1-10H/b10-9+. The summed E-state index contributed by atoms with van der Waals surface area (Å²) in [4.78, 5) is 0. The molecule has 0 N–H and O–H groups in total. The van der Waals surface area contributed by atoms with Crippen molar-refractivity contribution in [2.24, 2.45) is 0 Å². The lowest BCUT2D eigenvalue weighted by Crippen LogP contribution is -1.76. The predicted octanol–water partition coefficient (Wildman–Crippen LogP) is 4.49. The lowest BCUT2D eigenvalue weighted by molar-refractivity contribution is 1.48. The Hall–Kier alpha value is -1.85. The summed E-state index contributed by atoms with van der Waals surface area (Å²) in [6.07, 6.45) is 4.08. The molecule has 2 heteroatoms. The van der Waals surface area contributed by atoms with Crippen LogP contribution in [-0.4, -0.2) is 0 Å². The Bertz CT molecular complexity index is 577. The van der Waals surface area contributed by atoms with E-state index in [0.29, 0.717) is 5.56 Å². The minimum atomic E-state index is 0.683. The van der Waals surface area contributed by atoms with Crippen molar-refractivity contribution < 1.29 is 0 Å². The highest BCUT2D eigenvalue weighted by Crippen LogP contribution is 2.18. The lowest BCUT2D eigenvalue weighted by atomic mass is 10.1. The van der Waals surface area contributed by atoms with Crippen LogP contribution in [0, 0.1) is 11.3 Å². The van der Waals surface area contributed by atoms with Gasteiger partial charge in [-0.3, -0.25) is 0 Å². The van der Waals surface area contributed by atoms with E-state index in [0.717, 1.165) is 15.6 Å². The van der Waals surface area contributed by atoms with Gasteiger partial charge in [-0.25, -0.2) is 0 Å². The highest BCUT2D eigenvalue weighted by Gasteiger charge is 1.93. The minimum Gasteiger partial charge on any atom is -0.192 e. The summed E-state index contributed by atoms with van der Waals surface area (Å²) >= 11 is 3.50. The molecule has 0 spiro atoms. The highest BCUT2D eigenvalue weighted by molar-refractivity contribution is 9.10. The summed E-state index contributed by atoms with van der Waals surface area (Å²) in [6, 6.07) is 17.7. The fourth-order valence-corrected chi connectivity index (χ4v) is 1.88. The SMILES string of the molecule is N#Cc1ccc(/C=C/c2ccccc2Br)cc1. The van der Waals surface area contributed by atoms with Gasteiger partial charge in [-0.1, -0.05) is 58.4 Å². The zero-order valence-corrected chi connectivity index (χ0v) is 10.7. The summed E-state index contributed by atoms with van der Waals surface area (Å²) in [7, 11) is 0. The molecule has 0 aromatic heterocycles. The second-order valence-electron chi connectivity index (χ2n) is 3.59. The Balaban J connectivity index is 2.21. The summed E-state index contributed by atoms with van der Waals surface area (Å²) in [6.45, 7) is 0. The molecule has 0 aliphatic carbocycles. The largest absolute Gasteiger partial charge is 0.192 e. The molecule has 1 nitrogen and oxygen atoms in total. The second-order valence-corrected chi connectivity index (χ2v) is 4.44. The Kier molecular flexibility index (Phi) is 3.74. The molecule has 0 heterocycles. The normalized spacial score (nSPS) is 10.4. The number of rotatable bonds is 2. The van der Waals surface area contributed by atoms with E-state index in [9.17, 15) is 0 Å². The van der Waals surface area contributed by atoms with Crippen molar-refractivity contribution in [1.82, 2.24) is 0 Å². The first-order chi connectivity index (χ1) is 8.29. The summed E-state index contributed by atoms with van der Waals surface area (Å²) < 4.78 is 1.07. The summed E-state index contributed by atoms with van der Waals surface area (Å²) in [5.41, 5.74) is 2.90. The molecule has 2 aromatic rings. The van der Waals surface area contributed by atoms with E-state index in [2.05, 4.69) is 22.0 Å². The van der Waals surface area contributed by atoms with E-state index >= 15 is 0 Å². The smallest absolute Gasteiger partial charge is 0.0991 e. The topological polar surface area (TPSA) is 23.8 Å². The number of hydrogen-bond donors (Lipinski definition) is 0. The number of nitriles is 1. The molecule has 0 aliphatic heterocycles. The van der Waals surface area contributed by atoms with Gasteiger partial charge in [0.1, 0.15) is 0 Å². The summed E-state index contributed by atoms with van der Waals surface area (Å²) in [5, 5.41) is 8.70. The number of nitrogens with zero attached hydrogens (tertiary/aromatic N) is 1. The van der Waals surface area contributed by atoms with Crippen molar-refractivity contribution in [3.05, 3.63) is 69.7 Å². The molecule has 2 rings (SSSR count). The quantitative estimate of drug-likeness (QED) is 0.745. The van der Waals surface area contributed by atoms with Crippen LogP contribution in [0.5, 0.6) is 0 Å². The first-order valence-corrected chi connectivity index (χ1v) is 6.01. The van der Waals surface area contributed by atoms with Gasteiger partial charge in [0.2, 0.25) is 0 Å². The Morgan fingerprint density at radius 1 is 0.941 bits per heavy atom. The molecule has 0 saturated heterocycles. The molecule has 0 atom stereocenters. The molecule has 0 radical (unpaired) electrons. The van der Waals surface area contributed by atoms with Crippen molar-refractivity contribution in [1.29, 1.82) is 5.26 Å². The van der Waals surface area contributed by atoms with Crippen LogP contribution in [0.4, 0.5) is 0 Å². The van der Waals surface area contributed by atoms with Crippen LogP contribution in [0.25, 0.3) is 12.2 Å². The van der Waals surface area contributed by atoms with Gasteiger partial charge in [0.25, 0.3) is 0 Å². The average Bonchev–Trinajstić information content (AvgIpc) is 2.38. The van der Waals surface area contributed by atoms with Crippen molar-refractivity contribution in [3.8, 4) is 6.07 Å². The van der Waals surface area contributed by atoms with Gasteiger partial charge in [-0.2, -0.15) is 5.26 Å². The van der Waals surface area contributed by atoms with Gasteiger partial charge in [-0.15, -0.1) is 0 Å². The first-order valence-electron chi connectivity index (χ1n) is 5.22. The number of benzene rings is 2. The van der Waals surface area contributed by atoms with Gasteiger partial charge in [0.05, 0.1) is 11.6 Å². The van der Waals surface area contributed by atoms with E-state index in [1.165, 1.54) is 0 Å². The van der Waals surface area contributed by atoms with Crippen LogP contribution in [0.3, 0.4) is 0 Å². The average molecular weight is 284 g/mol. The molecule has 17 heavy (non-hydrogen) atoms. The molecule has 0 bridgehead atoms. The molecule has 82 valence electrons. The molecular formula is C15H10BrN. The van der Waals surface area contributed by atoms with Crippen LogP contribution >= 0.6 is 15.9 Å². The lowest BCUT2D eigenvalue weighted by Gasteiger charge is -1.97. The fourth-order valence-electron chi connectivity index (χ4n) is 1.47. The first kappa shape index (κ1) is 11.6. The highest BCUT2D eigenvalue weighted by atomic mass is 79.9. The van der Waals surface area contributed by atoms with Crippen LogP contribution in [0.2, 0.25) is 0 Å². The number of hydrogen-bond acceptors (Lipinski definition) is 1. The van der Waals surface area contributed by atoms with Crippen LogP contribution < -0.4 is 0 Å². The van der Waals surface area contributed by atoms with Crippen molar-refractivity contribution in [2.75, 3.05) is 0 Å². The van der Waals surface area contributed by atoms with E-state index in [1.807, 2.05) is 60.7 Å². The monoisotopic (exact) mass is 283 g/mol. The zero-order valence-electron chi connectivity index (χ0n) is 9.10.